The number of ether oxygens (including phenoxy) is 1. The zero-order chi connectivity index (χ0) is 26.1. The Labute approximate surface area is 211 Å². The lowest BCUT2D eigenvalue weighted by atomic mass is 10.1. The molecule has 0 aliphatic carbocycles. The van der Waals surface area contributed by atoms with E-state index in [1.165, 1.54) is 12.3 Å². The number of primary amides is 1. The normalized spacial score (nSPS) is 10.4. The van der Waals surface area contributed by atoms with E-state index in [2.05, 4.69) is 32.5 Å². The molecule has 0 aliphatic heterocycles. The molecule has 2 aromatic carbocycles. The summed E-state index contributed by atoms with van der Waals surface area (Å²) in [5.74, 6) is -1.96. The molecule has 0 fully saturated rings. The van der Waals surface area contributed by atoms with Crippen molar-refractivity contribution in [1.82, 2.24) is 9.97 Å². The van der Waals surface area contributed by atoms with E-state index in [0.29, 0.717) is 30.2 Å². The summed E-state index contributed by atoms with van der Waals surface area (Å²) in [6.45, 7) is 4.47. The third kappa shape index (κ3) is 6.85. The highest BCUT2D eigenvalue weighted by atomic mass is 35.5. The number of anilines is 5. The van der Waals surface area contributed by atoms with Crippen LogP contribution >= 0.6 is 11.6 Å². The predicted molar refractivity (Wildman–Crippen MR) is 138 cm³/mol. The molecule has 0 spiro atoms. The highest BCUT2D eigenvalue weighted by Gasteiger charge is 2.18. The Bertz CT molecular complexity index is 1300. The first-order valence-corrected chi connectivity index (χ1v) is 11.0. The smallest absolute Gasteiger partial charge is 0.289 e. The Balaban J connectivity index is 1.86. The number of nitrogens with one attached hydrogen (secondary N) is 3. The summed E-state index contributed by atoms with van der Waals surface area (Å²) in [5, 5.41) is 8.89. The van der Waals surface area contributed by atoms with Crippen LogP contribution in [0.3, 0.4) is 0 Å². The highest BCUT2D eigenvalue weighted by Crippen LogP contribution is 2.28. The summed E-state index contributed by atoms with van der Waals surface area (Å²) in [6, 6.07) is 11.5. The van der Waals surface area contributed by atoms with Crippen LogP contribution in [0.4, 0.5) is 28.8 Å². The zero-order valence-electron chi connectivity index (χ0n) is 19.1. The highest BCUT2D eigenvalue weighted by molar-refractivity contribution is 6.43. The van der Waals surface area contributed by atoms with Gasteiger partial charge in [0.1, 0.15) is 5.02 Å². The van der Waals surface area contributed by atoms with Gasteiger partial charge in [0.2, 0.25) is 11.9 Å². The van der Waals surface area contributed by atoms with Crippen molar-refractivity contribution in [2.24, 2.45) is 11.5 Å². The first kappa shape index (κ1) is 26.3. The summed E-state index contributed by atoms with van der Waals surface area (Å²) >= 11 is 6.25. The number of ketones is 1. The number of hydrogen-bond acceptors (Lipinski definition) is 9. The minimum Gasteiger partial charge on any atom is -0.375 e. The molecule has 0 atom stereocenters. The number of aromatic nitrogens is 2. The van der Waals surface area contributed by atoms with Gasteiger partial charge in [0.25, 0.3) is 11.7 Å². The first-order valence-electron chi connectivity index (χ1n) is 10.7. The van der Waals surface area contributed by atoms with Gasteiger partial charge in [-0.15, -0.1) is 0 Å². The molecular formula is C24H24ClN7O4. The Kier molecular flexibility index (Phi) is 9.06. The molecule has 3 rings (SSSR count). The Morgan fingerprint density at radius 3 is 2.61 bits per heavy atom. The molecule has 0 saturated heterocycles. The number of benzene rings is 2. The van der Waals surface area contributed by atoms with Crippen molar-refractivity contribution in [2.75, 3.05) is 29.1 Å². The van der Waals surface area contributed by atoms with Gasteiger partial charge >= 0.3 is 0 Å². The van der Waals surface area contributed by atoms with E-state index in [1.54, 1.807) is 36.4 Å². The van der Waals surface area contributed by atoms with Crippen LogP contribution in [0.2, 0.25) is 5.02 Å². The third-order valence-corrected chi connectivity index (χ3v) is 5.00. The summed E-state index contributed by atoms with van der Waals surface area (Å²) in [4.78, 5) is 44.0. The molecule has 11 nitrogen and oxygen atoms in total. The summed E-state index contributed by atoms with van der Waals surface area (Å²) in [6.07, 6.45) is 2.53. The maximum atomic E-state index is 12.1. The molecule has 0 aliphatic rings. The Morgan fingerprint density at radius 1 is 1.11 bits per heavy atom. The van der Waals surface area contributed by atoms with E-state index in [4.69, 9.17) is 27.8 Å². The summed E-state index contributed by atoms with van der Waals surface area (Å²) in [7, 11) is 0. The molecule has 0 radical (unpaired) electrons. The van der Waals surface area contributed by atoms with Crippen LogP contribution in [0.5, 0.6) is 0 Å². The monoisotopic (exact) mass is 509 g/mol. The minimum atomic E-state index is -1.09. The van der Waals surface area contributed by atoms with Crippen molar-refractivity contribution in [3.8, 4) is 0 Å². The van der Waals surface area contributed by atoms with Gasteiger partial charge in [0.05, 0.1) is 30.7 Å². The van der Waals surface area contributed by atoms with Gasteiger partial charge < -0.3 is 32.2 Å². The fraction of sp³-hybridized carbons (Fsp3) is 0.125. The number of nitrogens with zero attached hydrogens (tertiary/aromatic N) is 2. The fourth-order valence-corrected chi connectivity index (χ4v) is 3.18. The molecule has 3 aromatic rings. The molecule has 1 aromatic heterocycles. The number of hydrogen-bond donors (Lipinski definition) is 5. The molecule has 0 bridgehead atoms. The summed E-state index contributed by atoms with van der Waals surface area (Å²) < 4.78 is 5.49. The third-order valence-electron chi connectivity index (χ3n) is 4.72. The SMILES string of the molecule is C=CC(=O)Nc1cc(Nc2ncc(Cl)c(Nc3ccccc3C(=O)C(N)=O)n2)ccc1COCCN. The quantitative estimate of drug-likeness (QED) is 0.106. The average Bonchev–Trinajstić information content (AvgIpc) is 2.87. The van der Waals surface area contributed by atoms with Crippen LogP contribution in [0.15, 0.2) is 61.3 Å². The molecule has 0 saturated carbocycles. The van der Waals surface area contributed by atoms with Gasteiger partial charge in [-0.25, -0.2) is 4.98 Å². The lowest BCUT2D eigenvalue weighted by Crippen LogP contribution is -2.23. The van der Waals surface area contributed by atoms with Gasteiger partial charge in [-0.1, -0.05) is 36.4 Å². The molecular weight excluding hydrogens is 486 g/mol. The second-order valence-corrected chi connectivity index (χ2v) is 7.69. The van der Waals surface area contributed by atoms with Crippen molar-refractivity contribution in [2.45, 2.75) is 6.61 Å². The van der Waals surface area contributed by atoms with E-state index in [9.17, 15) is 14.4 Å². The van der Waals surface area contributed by atoms with Crippen LogP contribution in [-0.4, -0.2) is 40.7 Å². The van der Waals surface area contributed by atoms with E-state index < -0.39 is 11.7 Å². The Hall–Kier alpha value is -4.32. The van der Waals surface area contributed by atoms with Crippen molar-refractivity contribution >= 4 is 58.0 Å². The van der Waals surface area contributed by atoms with Crippen LogP contribution in [0.25, 0.3) is 0 Å². The van der Waals surface area contributed by atoms with Crippen LogP contribution in [0, 0.1) is 0 Å². The number of carbonyl (C=O) groups excluding carboxylic acids is 3. The van der Waals surface area contributed by atoms with E-state index in [-0.39, 0.29) is 34.9 Å². The second kappa shape index (κ2) is 12.4. The molecule has 2 amide bonds. The molecule has 36 heavy (non-hydrogen) atoms. The zero-order valence-corrected chi connectivity index (χ0v) is 19.8. The second-order valence-electron chi connectivity index (χ2n) is 7.29. The largest absolute Gasteiger partial charge is 0.375 e. The van der Waals surface area contributed by atoms with Crippen LogP contribution < -0.4 is 27.4 Å². The summed E-state index contributed by atoms with van der Waals surface area (Å²) in [5.41, 5.74) is 12.8. The van der Waals surface area contributed by atoms with Crippen molar-refractivity contribution in [1.29, 1.82) is 0 Å². The number of nitrogens with two attached hydrogens (primary N) is 2. The molecule has 0 unspecified atom stereocenters. The number of Topliss-reactive ketones (excluding diaryl/α,β-unsaturated/α-hetero) is 1. The first-order chi connectivity index (χ1) is 17.3. The fourth-order valence-electron chi connectivity index (χ4n) is 3.04. The topological polar surface area (TPSA) is 174 Å². The van der Waals surface area contributed by atoms with Gasteiger partial charge in [0, 0.05) is 23.5 Å². The predicted octanol–water partition coefficient (Wildman–Crippen LogP) is 2.88. The van der Waals surface area contributed by atoms with Crippen LogP contribution in [-0.2, 0) is 20.9 Å². The number of para-hydroxylation sites is 1. The minimum absolute atomic E-state index is 0.0734. The maximum Gasteiger partial charge on any atom is 0.289 e. The van der Waals surface area contributed by atoms with E-state index in [1.807, 2.05) is 0 Å². The van der Waals surface area contributed by atoms with Crippen molar-refractivity contribution in [3.63, 3.8) is 0 Å². The van der Waals surface area contributed by atoms with Crippen molar-refractivity contribution < 1.29 is 19.1 Å². The Morgan fingerprint density at radius 2 is 1.89 bits per heavy atom. The molecule has 186 valence electrons. The lowest BCUT2D eigenvalue weighted by Gasteiger charge is -2.14. The molecule has 1 heterocycles. The molecule has 12 heteroatoms. The van der Waals surface area contributed by atoms with Crippen molar-refractivity contribution in [3.05, 3.63) is 77.5 Å². The van der Waals surface area contributed by atoms with Crippen LogP contribution in [0.1, 0.15) is 15.9 Å². The molecule has 7 N–H and O–H groups in total. The van der Waals surface area contributed by atoms with Gasteiger partial charge in [0.15, 0.2) is 5.82 Å². The number of rotatable bonds is 12. The lowest BCUT2D eigenvalue weighted by molar-refractivity contribution is -0.114. The number of carbonyl (C=O) groups is 3. The average molecular weight is 510 g/mol. The van der Waals surface area contributed by atoms with E-state index >= 15 is 0 Å². The number of amides is 2. The van der Waals surface area contributed by atoms with E-state index in [0.717, 1.165) is 11.6 Å². The van der Waals surface area contributed by atoms with Gasteiger partial charge in [-0.05, 0) is 30.3 Å². The van der Waals surface area contributed by atoms with Gasteiger partial charge in [-0.3, -0.25) is 14.4 Å². The maximum absolute atomic E-state index is 12.1. The standard InChI is InChI=1S/C24H24ClN7O4/c1-2-20(33)30-19-11-15(8-7-14(19)13-36-10-9-26)29-24-28-12-17(25)23(32-24)31-18-6-4-3-5-16(18)21(34)22(27)35/h2-8,11-12H,1,9-10,13,26H2,(H2,27,35)(H,30,33)(H2,28,29,31,32). The number of halogens is 1. The van der Waals surface area contributed by atoms with Gasteiger partial charge in [-0.2, -0.15) is 4.98 Å².